The van der Waals surface area contributed by atoms with Gasteiger partial charge in [0.1, 0.15) is 0 Å². The molecule has 0 radical (unpaired) electrons. The predicted octanol–water partition coefficient (Wildman–Crippen LogP) is 2.58. The largest absolute Gasteiger partial charge is 0.353 e. The molecule has 0 aromatic rings. The second-order valence-corrected chi connectivity index (χ2v) is 5.25. The molecule has 0 bridgehead atoms. The minimum absolute atomic E-state index is 0.145. The average molecular weight is 185 g/mol. The van der Waals surface area contributed by atoms with Crippen LogP contribution >= 0.6 is 0 Å². The third kappa shape index (κ3) is 5.67. The van der Waals surface area contributed by atoms with E-state index in [1.807, 2.05) is 0 Å². The molecule has 78 valence electrons. The van der Waals surface area contributed by atoms with Crippen molar-refractivity contribution in [3.05, 3.63) is 0 Å². The van der Waals surface area contributed by atoms with Gasteiger partial charge in [-0.05, 0) is 18.3 Å². The van der Waals surface area contributed by atoms with Crippen molar-refractivity contribution in [2.24, 2.45) is 11.3 Å². The predicted molar refractivity (Wildman–Crippen MR) is 56.5 cm³/mol. The van der Waals surface area contributed by atoms with Crippen molar-refractivity contribution in [3.8, 4) is 0 Å². The molecule has 0 aliphatic heterocycles. The Labute approximate surface area is 82.1 Å². The number of rotatable bonds is 3. The first-order chi connectivity index (χ1) is 5.73. The molecule has 1 unspecified atom stereocenters. The number of amides is 1. The van der Waals surface area contributed by atoms with E-state index in [1.165, 1.54) is 0 Å². The Morgan fingerprint density at radius 1 is 1.23 bits per heavy atom. The van der Waals surface area contributed by atoms with E-state index in [0.29, 0.717) is 12.3 Å². The molecule has 0 rings (SSSR count). The van der Waals surface area contributed by atoms with Crippen LogP contribution in [-0.4, -0.2) is 11.9 Å². The molecule has 0 saturated heterocycles. The van der Waals surface area contributed by atoms with Crippen LogP contribution < -0.4 is 5.32 Å². The van der Waals surface area contributed by atoms with Crippen LogP contribution in [0.4, 0.5) is 0 Å². The van der Waals surface area contributed by atoms with Gasteiger partial charge < -0.3 is 5.32 Å². The van der Waals surface area contributed by atoms with Gasteiger partial charge in [-0.1, -0.05) is 34.6 Å². The Balaban J connectivity index is 3.93. The lowest BCUT2D eigenvalue weighted by atomic mass is 9.88. The Kier molecular flexibility index (Phi) is 4.45. The van der Waals surface area contributed by atoms with E-state index in [2.05, 4.69) is 46.9 Å². The highest BCUT2D eigenvalue weighted by Gasteiger charge is 2.21. The molecule has 0 saturated carbocycles. The van der Waals surface area contributed by atoms with Crippen LogP contribution in [0.2, 0.25) is 0 Å². The smallest absolute Gasteiger partial charge is 0.220 e. The summed E-state index contributed by atoms with van der Waals surface area (Å²) in [5.41, 5.74) is 0.145. The van der Waals surface area contributed by atoms with Crippen LogP contribution in [0, 0.1) is 11.3 Å². The number of carbonyl (C=O) groups excluding carboxylic acids is 1. The number of hydrogen-bond donors (Lipinski definition) is 1. The maximum atomic E-state index is 11.4. The maximum absolute atomic E-state index is 11.4. The normalized spacial score (nSPS) is 14.4. The van der Waals surface area contributed by atoms with E-state index >= 15 is 0 Å². The number of nitrogens with one attached hydrogen (secondary N) is 1. The van der Waals surface area contributed by atoms with Crippen molar-refractivity contribution in [2.75, 3.05) is 0 Å². The van der Waals surface area contributed by atoms with Crippen LogP contribution in [0.25, 0.3) is 0 Å². The van der Waals surface area contributed by atoms with Crippen LogP contribution in [0.3, 0.4) is 0 Å². The van der Waals surface area contributed by atoms with Gasteiger partial charge in [0.25, 0.3) is 0 Å². The summed E-state index contributed by atoms with van der Waals surface area (Å²) in [6.45, 7) is 12.6. The van der Waals surface area contributed by atoms with Gasteiger partial charge in [-0.2, -0.15) is 0 Å². The van der Waals surface area contributed by atoms with Gasteiger partial charge in [-0.3, -0.25) is 4.79 Å². The molecular weight excluding hydrogens is 162 g/mol. The fraction of sp³-hybridized carbons (Fsp3) is 0.909. The first-order valence-corrected chi connectivity index (χ1v) is 5.03. The topological polar surface area (TPSA) is 29.1 Å². The third-order valence-electron chi connectivity index (χ3n) is 2.27. The molecule has 0 aromatic carbocycles. The molecule has 1 atom stereocenters. The van der Waals surface area contributed by atoms with E-state index < -0.39 is 0 Å². The van der Waals surface area contributed by atoms with Gasteiger partial charge in [-0.25, -0.2) is 0 Å². The van der Waals surface area contributed by atoms with Crippen molar-refractivity contribution in [3.63, 3.8) is 0 Å². The summed E-state index contributed by atoms with van der Waals surface area (Å²) in [5, 5.41) is 3.01. The zero-order valence-corrected chi connectivity index (χ0v) is 9.77. The summed E-state index contributed by atoms with van der Waals surface area (Å²) >= 11 is 0. The SMILES string of the molecule is CC(C)CC(=O)NC(C)C(C)(C)C. The van der Waals surface area contributed by atoms with Crippen LogP contribution in [0.5, 0.6) is 0 Å². The zero-order chi connectivity index (χ0) is 10.6. The quantitative estimate of drug-likeness (QED) is 0.719. The minimum Gasteiger partial charge on any atom is -0.353 e. The van der Waals surface area contributed by atoms with Crippen molar-refractivity contribution in [1.29, 1.82) is 0 Å². The molecule has 1 amide bonds. The lowest BCUT2D eigenvalue weighted by Gasteiger charge is -2.28. The first-order valence-electron chi connectivity index (χ1n) is 5.03. The highest BCUT2D eigenvalue weighted by molar-refractivity contribution is 5.76. The molecule has 2 nitrogen and oxygen atoms in total. The van der Waals surface area contributed by atoms with Crippen molar-refractivity contribution < 1.29 is 4.79 Å². The van der Waals surface area contributed by atoms with E-state index in [-0.39, 0.29) is 17.4 Å². The Bertz CT molecular complexity index is 167. The first kappa shape index (κ1) is 12.5. The zero-order valence-electron chi connectivity index (χ0n) is 9.77. The Hall–Kier alpha value is -0.530. The molecule has 13 heavy (non-hydrogen) atoms. The number of hydrogen-bond acceptors (Lipinski definition) is 1. The van der Waals surface area contributed by atoms with Gasteiger partial charge in [0.05, 0.1) is 0 Å². The van der Waals surface area contributed by atoms with Crippen LogP contribution in [0.1, 0.15) is 48.0 Å². The summed E-state index contributed by atoms with van der Waals surface area (Å²) in [6.07, 6.45) is 0.625. The third-order valence-corrected chi connectivity index (χ3v) is 2.27. The van der Waals surface area contributed by atoms with E-state index in [0.717, 1.165) is 0 Å². The summed E-state index contributed by atoms with van der Waals surface area (Å²) < 4.78 is 0. The monoisotopic (exact) mass is 185 g/mol. The standard InChI is InChI=1S/C11H23NO/c1-8(2)7-10(13)12-9(3)11(4,5)6/h8-9H,7H2,1-6H3,(H,12,13). The lowest BCUT2D eigenvalue weighted by Crippen LogP contribution is -2.41. The Morgan fingerprint density at radius 3 is 2.00 bits per heavy atom. The molecule has 0 aromatic heterocycles. The molecule has 2 heteroatoms. The van der Waals surface area contributed by atoms with Crippen molar-refractivity contribution >= 4 is 5.91 Å². The summed E-state index contributed by atoms with van der Waals surface area (Å²) in [6, 6.07) is 0.235. The van der Waals surface area contributed by atoms with E-state index in [1.54, 1.807) is 0 Å². The van der Waals surface area contributed by atoms with Crippen LogP contribution in [0.15, 0.2) is 0 Å². The second kappa shape index (κ2) is 4.64. The molecular formula is C11H23NO. The second-order valence-electron chi connectivity index (χ2n) is 5.25. The van der Waals surface area contributed by atoms with Crippen molar-refractivity contribution in [1.82, 2.24) is 5.32 Å². The van der Waals surface area contributed by atoms with Gasteiger partial charge in [0, 0.05) is 12.5 Å². The molecule has 0 spiro atoms. The fourth-order valence-electron chi connectivity index (χ4n) is 0.888. The molecule has 0 fully saturated rings. The van der Waals surface area contributed by atoms with Gasteiger partial charge in [0.2, 0.25) is 5.91 Å². The average Bonchev–Trinajstić information content (AvgIpc) is 1.82. The Morgan fingerprint density at radius 2 is 1.69 bits per heavy atom. The summed E-state index contributed by atoms with van der Waals surface area (Å²) in [7, 11) is 0. The molecule has 0 aliphatic rings. The minimum atomic E-state index is 0.145. The maximum Gasteiger partial charge on any atom is 0.220 e. The summed E-state index contributed by atoms with van der Waals surface area (Å²) in [5.74, 6) is 0.601. The molecule has 0 aliphatic carbocycles. The van der Waals surface area contributed by atoms with E-state index in [9.17, 15) is 4.79 Å². The molecule has 0 heterocycles. The van der Waals surface area contributed by atoms with Gasteiger partial charge in [0.15, 0.2) is 0 Å². The van der Waals surface area contributed by atoms with E-state index in [4.69, 9.17) is 0 Å². The van der Waals surface area contributed by atoms with Gasteiger partial charge in [-0.15, -0.1) is 0 Å². The highest BCUT2D eigenvalue weighted by atomic mass is 16.1. The summed E-state index contributed by atoms with van der Waals surface area (Å²) in [4.78, 5) is 11.4. The van der Waals surface area contributed by atoms with Crippen LogP contribution in [-0.2, 0) is 4.79 Å². The highest BCUT2D eigenvalue weighted by Crippen LogP contribution is 2.18. The van der Waals surface area contributed by atoms with Gasteiger partial charge >= 0.3 is 0 Å². The lowest BCUT2D eigenvalue weighted by molar-refractivity contribution is -0.123. The number of carbonyl (C=O) groups is 1. The molecule has 1 N–H and O–H groups in total. The fourth-order valence-corrected chi connectivity index (χ4v) is 0.888. The van der Waals surface area contributed by atoms with Crippen molar-refractivity contribution in [2.45, 2.75) is 54.0 Å².